The van der Waals surface area contributed by atoms with E-state index in [1.165, 1.54) is 18.0 Å². The zero-order valence-electron chi connectivity index (χ0n) is 24.3. The summed E-state index contributed by atoms with van der Waals surface area (Å²) in [6.07, 6.45) is 6.33. The Hall–Kier alpha value is -4.67. The molecule has 1 N–H and O–H groups in total. The van der Waals surface area contributed by atoms with Gasteiger partial charge in [-0.25, -0.2) is 14.4 Å². The highest BCUT2D eigenvalue weighted by molar-refractivity contribution is 5.96. The van der Waals surface area contributed by atoms with Crippen LogP contribution in [0, 0.1) is 5.82 Å². The first-order valence-electron chi connectivity index (χ1n) is 14.6. The molecule has 11 heteroatoms. The lowest BCUT2D eigenvalue weighted by Crippen LogP contribution is -2.52. The first kappa shape index (κ1) is 27.2. The summed E-state index contributed by atoms with van der Waals surface area (Å²) in [5, 5.41) is 3.17. The van der Waals surface area contributed by atoms with Gasteiger partial charge in [0, 0.05) is 74.2 Å². The summed E-state index contributed by atoms with van der Waals surface area (Å²) in [4.78, 5) is 54.2. The molecule has 1 aliphatic carbocycles. The maximum atomic E-state index is 14.6. The quantitative estimate of drug-likeness (QED) is 0.354. The molecule has 2 aliphatic heterocycles. The number of carbonyl (C=O) groups excluding carboxylic acids is 3. The normalized spacial score (nSPS) is 20.3. The molecule has 1 atom stereocenters. The summed E-state index contributed by atoms with van der Waals surface area (Å²) in [6.45, 7) is 6.53. The molecule has 4 aromatic rings. The van der Waals surface area contributed by atoms with E-state index in [1.54, 1.807) is 12.4 Å². The summed E-state index contributed by atoms with van der Waals surface area (Å²) in [5.74, 6) is -0.167. The van der Waals surface area contributed by atoms with Crippen LogP contribution in [0.25, 0.3) is 22.3 Å². The fourth-order valence-electron chi connectivity index (χ4n) is 6.80. The molecule has 1 spiro atoms. The van der Waals surface area contributed by atoms with Gasteiger partial charge in [-0.05, 0) is 44.0 Å². The Morgan fingerprint density at radius 3 is 2.67 bits per heavy atom. The number of ketones is 1. The first-order valence-corrected chi connectivity index (χ1v) is 14.6. The molecule has 1 unspecified atom stereocenters. The Bertz CT molecular complexity index is 1810. The molecule has 7 rings (SSSR count). The molecule has 5 heterocycles. The highest BCUT2D eigenvalue weighted by Crippen LogP contribution is 2.50. The molecular formula is C32H32FN7O3. The number of imide groups is 1. The number of aromatic nitrogens is 4. The molecule has 3 aromatic heterocycles. The number of amides is 2. The molecule has 1 saturated heterocycles. The summed E-state index contributed by atoms with van der Waals surface area (Å²) >= 11 is 0. The first-order chi connectivity index (χ1) is 20.6. The molecule has 10 nitrogen and oxygen atoms in total. The van der Waals surface area contributed by atoms with Crippen molar-refractivity contribution in [3.05, 3.63) is 60.4 Å². The number of imidazole rings is 1. The van der Waals surface area contributed by atoms with Crippen molar-refractivity contribution in [1.82, 2.24) is 24.4 Å². The number of nitrogens with one attached hydrogen (secondary N) is 1. The third kappa shape index (κ3) is 4.45. The maximum absolute atomic E-state index is 14.6. The van der Waals surface area contributed by atoms with E-state index in [4.69, 9.17) is 4.98 Å². The molecule has 2 amide bonds. The summed E-state index contributed by atoms with van der Waals surface area (Å²) in [5.41, 5.74) is 4.88. The SMILES string of the molecule is CC(=O)N1CCC2(CC1=O)CN(C1CC(=O)C1)c1cc(-c3cc4ncn(C(C)C)c4c(Nc4ccncc4F)n3)ccc12. The number of anilines is 3. The van der Waals surface area contributed by atoms with E-state index >= 15 is 0 Å². The van der Waals surface area contributed by atoms with Crippen molar-refractivity contribution in [2.75, 3.05) is 23.3 Å². The van der Waals surface area contributed by atoms with Crippen LogP contribution in [0.1, 0.15) is 58.1 Å². The topological polar surface area (TPSA) is 113 Å². The van der Waals surface area contributed by atoms with E-state index < -0.39 is 11.2 Å². The van der Waals surface area contributed by atoms with Gasteiger partial charge < -0.3 is 14.8 Å². The minimum absolute atomic E-state index is 0.0749. The molecular weight excluding hydrogens is 549 g/mol. The number of fused-ring (bicyclic) bond motifs is 3. The van der Waals surface area contributed by atoms with Crippen molar-refractivity contribution in [2.45, 2.75) is 64.0 Å². The fourth-order valence-corrected chi connectivity index (χ4v) is 6.80. The van der Waals surface area contributed by atoms with Gasteiger partial charge in [-0.15, -0.1) is 0 Å². The van der Waals surface area contributed by atoms with Gasteiger partial charge >= 0.3 is 0 Å². The smallest absolute Gasteiger partial charge is 0.230 e. The van der Waals surface area contributed by atoms with E-state index in [-0.39, 0.29) is 41.8 Å². The highest BCUT2D eigenvalue weighted by Gasteiger charge is 2.50. The predicted molar refractivity (Wildman–Crippen MR) is 160 cm³/mol. The number of hydrogen-bond acceptors (Lipinski definition) is 8. The number of hydrogen-bond donors (Lipinski definition) is 1. The minimum atomic E-state index is -0.489. The van der Waals surface area contributed by atoms with Gasteiger partial charge in [0.05, 0.1) is 29.4 Å². The molecule has 220 valence electrons. The molecule has 43 heavy (non-hydrogen) atoms. The number of piperidine rings is 1. The van der Waals surface area contributed by atoms with Gasteiger partial charge in [-0.1, -0.05) is 12.1 Å². The second-order valence-electron chi connectivity index (χ2n) is 12.2. The Labute approximate surface area is 247 Å². The van der Waals surface area contributed by atoms with Crippen LogP contribution >= 0.6 is 0 Å². The Balaban J connectivity index is 1.33. The summed E-state index contributed by atoms with van der Waals surface area (Å²) < 4.78 is 16.6. The summed E-state index contributed by atoms with van der Waals surface area (Å²) in [6, 6.07) is 9.83. The number of halogens is 1. The van der Waals surface area contributed by atoms with Crippen molar-refractivity contribution in [1.29, 1.82) is 0 Å². The van der Waals surface area contributed by atoms with Gasteiger partial charge in [0.1, 0.15) is 11.3 Å². The second-order valence-corrected chi connectivity index (χ2v) is 12.2. The predicted octanol–water partition coefficient (Wildman–Crippen LogP) is 4.92. The third-order valence-electron chi connectivity index (χ3n) is 9.13. The number of carbonyl (C=O) groups is 3. The Morgan fingerprint density at radius 1 is 1.16 bits per heavy atom. The fraction of sp³-hybridized carbons (Fsp3) is 0.375. The van der Waals surface area contributed by atoms with E-state index in [0.717, 1.165) is 34.0 Å². The van der Waals surface area contributed by atoms with Crippen molar-refractivity contribution in [3.63, 3.8) is 0 Å². The number of Topliss-reactive ketones (excluding diaryl/α,β-unsaturated/α-hetero) is 1. The molecule has 1 saturated carbocycles. The molecule has 1 aromatic carbocycles. The number of rotatable bonds is 5. The average molecular weight is 582 g/mol. The molecule has 0 bridgehead atoms. The number of likely N-dealkylation sites (tertiary alicyclic amines) is 1. The van der Waals surface area contributed by atoms with Crippen LogP contribution in [0.4, 0.5) is 21.6 Å². The van der Waals surface area contributed by atoms with Crippen molar-refractivity contribution >= 4 is 45.8 Å². The number of nitrogens with zero attached hydrogens (tertiary/aromatic N) is 6. The van der Waals surface area contributed by atoms with Crippen molar-refractivity contribution in [2.24, 2.45) is 0 Å². The lowest BCUT2D eigenvalue weighted by molar-refractivity contribution is -0.147. The number of pyridine rings is 2. The van der Waals surface area contributed by atoms with Crippen molar-refractivity contribution < 1.29 is 18.8 Å². The van der Waals surface area contributed by atoms with Crippen LogP contribution in [-0.2, 0) is 19.8 Å². The zero-order chi connectivity index (χ0) is 30.0. The Kier molecular flexibility index (Phi) is 6.30. The van der Waals surface area contributed by atoms with E-state index in [1.807, 2.05) is 30.5 Å². The average Bonchev–Trinajstić information content (AvgIpc) is 3.52. The van der Waals surface area contributed by atoms with Crippen LogP contribution in [0.5, 0.6) is 0 Å². The molecule has 2 fully saturated rings. The monoisotopic (exact) mass is 581 g/mol. The minimum Gasteiger partial charge on any atom is -0.366 e. The standard InChI is InChI=1S/C32H32FN7O3/c1-18(2)40-17-35-27-13-26(37-31(30(27)40)36-25-6-8-34-15-24(25)33)20-4-5-23-28(10-20)39(21-11-22(42)12-21)16-32(23)7-9-38(19(3)41)29(43)14-32/h4-6,8,10,13,15,17-18,21H,7,9,11-12,14,16H2,1-3H3,(H,34,36,37). The maximum Gasteiger partial charge on any atom is 0.230 e. The van der Waals surface area contributed by atoms with Gasteiger partial charge in [0.15, 0.2) is 11.6 Å². The highest BCUT2D eigenvalue weighted by atomic mass is 19.1. The zero-order valence-corrected chi connectivity index (χ0v) is 24.3. The van der Waals surface area contributed by atoms with Gasteiger partial charge in [-0.3, -0.25) is 24.3 Å². The van der Waals surface area contributed by atoms with E-state index in [0.29, 0.717) is 43.9 Å². The second kappa shape index (κ2) is 9.96. The van der Waals surface area contributed by atoms with E-state index in [2.05, 4.69) is 32.3 Å². The third-order valence-corrected chi connectivity index (χ3v) is 9.13. The van der Waals surface area contributed by atoms with Crippen LogP contribution < -0.4 is 10.2 Å². The molecule has 3 aliphatic rings. The van der Waals surface area contributed by atoms with Crippen LogP contribution in [-0.4, -0.2) is 61.1 Å². The van der Waals surface area contributed by atoms with E-state index in [9.17, 15) is 18.8 Å². The number of benzene rings is 1. The summed E-state index contributed by atoms with van der Waals surface area (Å²) in [7, 11) is 0. The van der Waals surface area contributed by atoms with Crippen molar-refractivity contribution in [3.8, 4) is 11.3 Å². The van der Waals surface area contributed by atoms with Crippen LogP contribution in [0.15, 0.2) is 49.1 Å². The Morgan fingerprint density at radius 2 is 1.98 bits per heavy atom. The lowest BCUT2D eigenvalue weighted by atomic mass is 9.73. The largest absolute Gasteiger partial charge is 0.366 e. The van der Waals surface area contributed by atoms with Gasteiger partial charge in [-0.2, -0.15) is 0 Å². The van der Waals surface area contributed by atoms with Gasteiger partial charge in [0.2, 0.25) is 11.8 Å². The van der Waals surface area contributed by atoms with Crippen LogP contribution in [0.3, 0.4) is 0 Å². The van der Waals surface area contributed by atoms with Gasteiger partial charge in [0.25, 0.3) is 0 Å². The molecule has 0 radical (unpaired) electrons. The van der Waals surface area contributed by atoms with Crippen LogP contribution in [0.2, 0.25) is 0 Å². The lowest BCUT2D eigenvalue weighted by Gasteiger charge is -2.40.